The largest absolute Gasteiger partial charge is 0.394 e. The van der Waals surface area contributed by atoms with E-state index in [1.54, 1.807) is 0 Å². The van der Waals surface area contributed by atoms with Crippen LogP contribution in [0.25, 0.3) is 0 Å². The Morgan fingerprint density at radius 1 is 1.43 bits per heavy atom. The third-order valence-corrected chi connectivity index (χ3v) is 2.92. The van der Waals surface area contributed by atoms with E-state index in [1.165, 1.54) is 0 Å². The lowest BCUT2D eigenvalue weighted by Gasteiger charge is -2.34. The summed E-state index contributed by atoms with van der Waals surface area (Å²) in [5.74, 6) is -0.645. The average molecular weight is 202 g/mol. The van der Waals surface area contributed by atoms with E-state index in [0.717, 1.165) is 25.9 Å². The molecule has 4 heteroatoms. The van der Waals surface area contributed by atoms with Gasteiger partial charge in [-0.05, 0) is 26.2 Å². The number of hydrogen-bond acceptors (Lipinski definition) is 4. The van der Waals surface area contributed by atoms with Crippen molar-refractivity contribution in [1.82, 2.24) is 0 Å². The fourth-order valence-corrected chi connectivity index (χ4v) is 2.07. The normalized spacial score (nSPS) is 44.1. The first-order valence-corrected chi connectivity index (χ1v) is 5.29. The van der Waals surface area contributed by atoms with Crippen molar-refractivity contribution < 1.29 is 19.3 Å². The topological polar surface area (TPSA) is 47.9 Å². The summed E-state index contributed by atoms with van der Waals surface area (Å²) in [5, 5.41) is 8.95. The Balaban J connectivity index is 1.94. The van der Waals surface area contributed by atoms with E-state index in [9.17, 15) is 0 Å². The smallest absolute Gasteiger partial charge is 0.192 e. The van der Waals surface area contributed by atoms with E-state index in [4.69, 9.17) is 19.3 Å². The second-order valence-corrected chi connectivity index (χ2v) is 4.10. The Morgan fingerprint density at radius 2 is 2.29 bits per heavy atom. The molecular formula is C10H18O4. The minimum Gasteiger partial charge on any atom is -0.394 e. The van der Waals surface area contributed by atoms with Crippen LogP contribution in [0.3, 0.4) is 0 Å². The van der Waals surface area contributed by atoms with Crippen LogP contribution in [0.5, 0.6) is 0 Å². The van der Waals surface area contributed by atoms with Gasteiger partial charge in [0.25, 0.3) is 0 Å². The summed E-state index contributed by atoms with van der Waals surface area (Å²) in [6, 6.07) is 0. The maximum Gasteiger partial charge on any atom is 0.192 e. The van der Waals surface area contributed by atoms with Gasteiger partial charge < -0.3 is 19.3 Å². The molecule has 0 saturated carbocycles. The number of hydrogen-bond donors (Lipinski definition) is 1. The van der Waals surface area contributed by atoms with Crippen molar-refractivity contribution in [2.24, 2.45) is 0 Å². The standard InChI is InChI=1S/C10H18O4/c1-10(9-4-2-3-5-12-9)13-7-8(6-11)14-10/h8-9,11H,2-7H2,1H3. The van der Waals surface area contributed by atoms with Crippen LogP contribution in [0.1, 0.15) is 26.2 Å². The molecular weight excluding hydrogens is 184 g/mol. The molecule has 82 valence electrons. The van der Waals surface area contributed by atoms with Crippen LogP contribution in [-0.4, -0.2) is 42.9 Å². The summed E-state index contributed by atoms with van der Waals surface area (Å²) in [6.07, 6.45) is 3.10. The summed E-state index contributed by atoms with van der Waals surface area (Å²) in [6.45, 7) is 3.17. The minimum atomic E-state index is -0.645. The SMILES string of the molecule is CC1(C2CCCCO2)OCC(CO)O1. The van der Waals surface area contributed by atoms with Crippen molar-refractivity contribution in [3.63, 3.8) is 0 Å². The number of ether oxygens (including phenoxy) is 3. The predicted octanol–water partition coefficient (Wildman–Crippen LogP) is 0.679. The minimum absolute atomic E-state index is 0.0162. The monoisotopic (exact) mass is 202 g/mol. The first-order valence-electron chi connectivity index (χ1n) is 5.29. The summed E-state index contributed by atoms with van der Waals surface area (Å²) in [7, 11) is 0. The van der Waals surface area contributed by atoms with E-state index >= 15 is 0 Å². The van der Waals surface area contributed by atoms with Gasteiger partial charge in [-0.1, -0.05) is 0 Å². The average Bonchev–Trinajstić information content (AvgIpc) is 2.63. The van der Waals surface area contributed by atoms with Crippen LogP contribution < -0.4 is 0 Å². The molecule has 0 aromatic rings. The highest BCUT2D eigenvalue weighted by atomic mass is 16.8. The molecule has 2 saturated heterocycles. The van der Waals surface area contributed by atoms with Gasteiger partial charge in [0.2, 0.25) is 0 Å². The summed E-state index contributed by atoms with van der Waals surface area (Å²) >= 11 is 0. The zero-order chi connectivity index (χ0) is 10.0. The van der Waals surface area contributed by atoms with E-state index in [2.05, 4.69) is 0 Å². The lowest BCUT2D eigenvalue weighted by Crippen LogP contribution is -2.44. The van der Waals surface area contributed by atoms with Crippen molar-refractivity contribution in [2.45, 2.75) is 44.2 Å². The van der Waals surface area contributed by atoms with Gasteiger partial charge >= 0.3 is 0 Å². The zero-order valence-electron chi connectivity index (χ0n) is 8.57. The Morgan fingerprint density at radius 3 is 2.86 bits per heavy atom. The van der Waals surface area contributed by atoms with Crippen molar-refractivity contribution in [2.75, 3.05) is 19.8 Å². The molecule has 2 heterocycles. The van der Waals surface area contributed by atoms with Crippen LogP contribution >= 0.6 is 0 Å². The van der Waals surface area contributed by atoms with Gasteiger partial charge in [-0.2, -0.15) is 0 Å². The predicted molar refractivity (Wildman–Crippen MR) is 49.9 cm³/mol. The lowest BCUT2D eigenvalue weighted by molar-refractivity contribution is -0.239. The molecule has 0 amide bonds. The summed E-state index contributed by atoms with van der Waals surface area (Å²) < 4.78 is 16.8. The molecule has 0 bridgehead atoms. The number of aliphatic hydroxyl groups is 1. The highest BCUT2D eigenvalue weighted by molar-refractivity contribution is 4.84. The van der Waals surface area contributed by atoms with Gasteiger partial charge in [0.05, 0.1) is 13.2 Å². The van der Waals surface area contributed by atoms with Crippen LogP contribution in [0.4, 0.5) is 0 Å². The molecule has 0 radical (unpaired) electrons. The van der Waals surface area contributed by atoms with Crippen molar-refractivity contribution in [1.29, 1.82) is 0 Å². The van der Waals surface area contributed by atoms with Crippen molar-refractivity contribution in [3.8, 4) is 0 Å². The molecule has 2 fully saturated rings. The van der Waals surface area contributed by atoms with Gasteiger partial charge in [-0.15, -0.1) is 0 Å². The second-order valence-electron chi connectivity index (χ2n) is 4.10. The maximum absolute atomic E-state index is 8.95. The van der Waals surface area contributed by atoms with E-state index in [1.807, 2.05) is 6.92 Å². The van der Waals surface area contributed by atoms with Crippen LogP contribution in [0.15, 0.2) is 0 Å². The molecule has 2 aliphatic heterocycles. The van der Waals surface area contributed by atoms with Gasteiger partial charge in [0, 0.05) is 6.61 Å². The molecule has 3 unspecified atom stereocenters. The number of aliphatic hydroxyl groups excluding tert-OH is 1. The molecule has 1 N–H and O–H groups in total. The van der Waals surface area contributed by atoms with Crippen LogP contribution in [0, 0.1) is 0 Å². The van der Waals surface area contributed by atoms with E-state index in [0.29, 0.717) is 6.61 Å². The maximum atomic E-state index is 8.95. The fourth-order valence-electron chi connectivity index (χ4n) is 2.07. The van der Waals surface area contributed by atoms with E-state index in [-0.39, 0.29) is 18.8 Å². The second kappa shape index (κ2) is 4.14. The van der Waals surface area contributed by atoms with Gasteiger partial charge in [-0.25, -0.2) is 0 Å². The van der Waals surface area contributed by atoms with Crippen LogP contribution in [0.2, 0.25) is 0 Å². The van der Waals surface area contributed by atoms with Gasteiger partial charge in [0.1, 0.15) is 12.2 Å². The summed E-state index contributed by atoms with van der Waals surface area (Å²) in [4.78, 5) is 0. The number of rotatable bonds is 2. The molecule has 0 aliphatic carbocycles. The fraction of sp³-hybridized carbons (Fsp3) is 1.00. The molecule has 14 heavy (non-hydrogen) atoms. The first-order chi connectivity index (χ1) is 6.74. The molecule has 0 spiro atoms. The van der Waals surface area contributed by atoms with E-state index < -0.39 is 5.79 Å². The Bertz CT molecular complexity index is 191. The Hall–Kier alpha value is -0.160. The quantitative estimate of drug-likeness (QED) is 0.715. The Kier molecular flexibility index (Phi) is 3.07. The highest BCUT2D eigenvalue weighted by Crippen LogP contribution is 2.32. The summed E-state index contributed by atoms with van der Waals surface area (Å²) in [5.41, 5.74) is 0. The van der Waals surface area contributed by atoms with Crippen molar-refractivity contribution >= 4 is 0 Å². The molecule has 2 rings (SSSR count). The molecule has 4 nitrogen and oxygen atoms in total. The zero-order valence-corrected chi connectivity index (χ0v) is 8.57. The molecule has 0 aromatic carbocycles. The lowest BCUT2D eigenvalue weighted by atomic mass is 10.0. The Labute approximate surface area is 84.1 Å². The highest BCUT2D eigenvalue weighted by Gasteiger charge is 2.44. The molecule has 3 atom stereocenters. The van der Waals surface area contributed by atoms with Crippen LogP contribution in [-0.2, 0) is 14.2 Å². The molecule has 2 aliphatic rings. The molecule has 0 aromatic heterocycles. The third kappa shape index (κ3) is 1.93. The van der Waals surface area contributed by atoms with Crippen molar-refractivity contribution in [3.05, 3.63) is 0 Å². The third-order valence-electron chi connectivity index (χ3n) is 2.92. The first kappa shape index (κ1) is 10.4. The van der Waals surface area contributed by atoms with Gasteiger partial charge in [0.15, 0.2) is 5.79 Å². The van der Waals surface area contributed by atoms with Gasteiger partial charge in [-0.3, -0.25) is 0 Å².